The number of nitrogens with zero attached hydrogens (tertiary/aromatic N) is 2. The minimum Gasteiger partial charge on any atom is -0.352 e. The van der Waals surface area contributed by atoms with E-state index in [2.05, 4.69) is 41.6 Å². The van der Waals surface area contributed by atoms with Gasteiger partial charge in [0.15, 0.2) is 4.34 Å². The van der Waals surface area contributed by atoms with Crippen LogP contribution >= 0.6 is 23.1 Å². The summed E-state index contributed by atoms with van der Waals surface area (Å²) in [5, 5.41) is 13.7. The van der Waals surface area contributed by atoms with Crippen molar-refractivity contribution in [3.05, 3.63) is 35.4 Å². The van der Waals surface area contributed by atoms with Crippen LogP contribution in [0.25, 0.3) is 0 Å². The van der Waals surface area contributed by atoms with E-state index >= 15 is 0 Å². The molecule has 0 spiro atoms. The van der Waals surface area contributed by atoms with Crippen molar-refractivity contribution in [3.8, 4) is 0 Å². The fraction of sp³-hybridized carbons (Fsp3) is 0.412. The van der Waals surface area contributed by atoms with Crippen molar-refractivity contribution in [3.63, 3.8) is 0 Å². The Labute approximate surface area is 155 Å². The second-order valence-corrected chi connectivity index (χ2v) is 8.49. The van der Waals surface area contributed by atoms with E-state index in [1.54, 1.807) is 12.1 Å². The van der Waals surface area contributed by atoms with Gasteiger partial charge in [0.05, 0.1) is 0 Å². The Bertz CT molecular complexity index is 736. The number of amides is 2. The molecule has 0 radical (unpaired) electrons. The highest BCUT2D eigenvalue weighted by atomic mass is 32.2. The molecule has 0 unspecified atom stereocenters. The lowest BCUT2D eigenvalue weighted by Crippen LogP contribution is -2.27. The molecule has 0 aliphatic rings. The summed E-state index contributed by atoms with van der Waals surface area (Å²) < 4.78 is 0.794. The number of carbonyl (C=O) groups excluding carboxylic acids is 2. The van der Waals surface area contributed by atoms with Crippen molar-refractivity contribution in [2.75, 3.05) is 18.1 Å². The Hall–Kier alpha value is -1.93. The van der Waals surface area contributed by atoms with Gasteiger partial charge >= 0.3 is 0 Å². The van der Waals surface area contributed by atoms with Gasteiger partial charge in [-0.05, 0) is 29.4 Å². The molecule has 2 amide bonds. The van der Waals surface area contributed by atoms with Crippen LogP contribution < -0.4 is 10.6 Å². The first-order valence-corrected chi connectivity index (χ1v) is 9.90. The number of benzene rings is 1. The smallest absolute Gasteiger partial charge is 0.251 e. The van der Waals surface area contributed by atoms with Crippen LogP contribution in [0.4, 0.5) is 5.13 Å². The zero-order valence-electron chi connectivity index (χ0n) is 14.8. The highest BCUT2D eigenvalue weighted by molar-refractivity contribution is 8.00. The van der Waals surface area contributed by atoms with Gasteiger partial charge in [0.1, 0.15) is 0 Å². The standard InChI is InChI=1S/C17H22N4O2S2/c1-17(2,3)12-7-5-11(6-8-12)14(23)18-10-9-13(22)19-15-20-21-16(24-4)25-15/h5-8H,9-10H2,1-4H3,(H,18,23)(H,19,20,22). The first-order valence-electron chi connectivity index (χ1n) is 7.85. The lowest BCUT2D eigenvalue weighted by Gasteiger charge is -2.19. The van der Waals surface area contributed by atoms with Gasteiger partial charge in [-0.25, -0.2) is 0 Å². The van der Waals surface area contributed by atoms with Crippen LogP contribution in [0.15, 0.2) is 28.6 Å². The first kappa shape index (κ1) is 19.4. The Balaban J connectivity index is 1.78. The number of hydrogen-bond acceptors (Lipinski definition) is 6. The Morgan fingerprint density at radius 1 is 1.16 bits per heavy atom. The molecule has 0 aliphatic heterocycles. The molecule has 6 nitrogen and oxygen atoms in total. The van der Waals surface area contributed by atoms with Crippen LogP contribution in [0.5, 0.6) is 0 Å². The molecule has 0 atom stereocenters. The highest BCUT2D eigenvalue weighted by Crippen LogP contribution is 2.23. The molecule has 8 heteroatoms. The predicted octanol–water partition coefficient (Wildman–Crippen LogP) is 3.32. The van der Waals surface area contributed by atoms with Crippen LogP contribution in [-0.4, -0.2) is 34.8 Å². The van der Waals surface area contributed by atoms with Gasteiger partial charge in [0.2, 0.25) is 11.0 Å². The molecule has 1 aromatic carbocycles. The monoisotopic (exact) mass is 378 g/mol. The van der Waals surface area contributed by atoms with E-state index in [-0.39, 0.29) is 30.2 Å². The van der Waals surface area contributed by atoms with Gasteiger partial charge in [0, 0.05) is 18.5 Å². The molecule has 2 N–H and O–H groups in total. The van der Waals surface area contributed by atoms with Crippen LogP contribution in [0.2, 0.25) is 0 Å². The number of nitrogens with one attached hydrogen (secondary N) is 2. The van der Waals surface area contributed by atoms with Crippen LogP contribution in [0, 0.1) is 0 Å². The maximum absolute atomic E-state index is 12.1. The quantitative estimate of drug-likeness (QED) is 0.595. The Kier molecular flexibility index (Phi) is 6.55. The lowest BCUT2D eigenvalue weighted by atomic mass is 9.87. The summed E-state index contributed by atoms with van der Waals surface area (Å²) in [5.41, 5.74) is 1.81. The van der Waals surface area contributed by atoms with E-state index in [9.17, 15) is 9.59 Å². The number of rotatable bonds is 6. The van der Waals surface area contributed by atoms with Gasteiger partial charge in [-0.1, -0.05) is 56.0 Å². The average molecular weight is 379 g/mol. The second-order valence-electron chi connectivity index (χ2n) is 6.46. The summed E-state index contributed by atoms with van der Waals surface area (Å²) >= 11 is 2.80. The summed E-state index contributed by atoms with van der Waals surface area (Å²) in [7, 11) is 0. The normalized spacial score (nSPS) is 11.2. The molecule has 0 aliphatic carbocycles. The summed E-state index contributed by atoms with van der Waals surface area (Å²) in [4.78, 5) is 24.0. The molecule has 2 rings (SSSR count). The Morgan fingerprint density at radius 2 is 1.84 bits per heavy atom. The maximum atomic E-state index is 12.1. The second kappa shape index (κ2) is 8.44. The molecule has 1 aromatic heterocycles. The van der Waals surface area contributed by atoms with Gasteiger partial charge < -0.3 is 10.6 Å². The summed E-state index contributed by atoms with van der Waals surface area (Å²) in [6.45, 7) is 6.64. The van der Waals surface area contributed by atoms with Crippen molar-refractivity contribution in [1.29, 1.82) is 0 Å². The van der Waals surface area contributed by atoms with Gasteiger partial charge in [0.25, 0.3) is 5.91 Å². The zero-order valence-corrected chi connectivity index (χ0v) is 16.4. The number of carbonyl (C=O) groups is 2. The maximum Gasteiger partial charge on any atom is 0.251 e. The lowest BCUT2D eigenvalue weighted by molar-refractivity contribution is -0.116. The van der Waals surface area contributed by atoms with E-state index in [1.807, 2.05) is 18.4 Å². The molecule has 2 aromatic rings. The third-order valence-corrected chi connectivity index (χ3v) is 5.29. The minimum atomic E-state index is -0.202. The topological polar surface area (TPSA) is 84.0 Å². The third-order valence-electron chi connectivity index (χ3n) is 3.48. The SMILES string of the molecule is CSc1nnc(NC(=O)CCNC(=O)c2ccc(C(C)(C)C)cc2)s1. The fourth-order valence-electron chi connectivity index (χ4n) is 2.04. The number of aromatic nitrogens is 2. The molecular weight excluding hydrogens is 356 g/mol. The summed E-state index contributed by atoms with van der Waals surface area (Å²) in [6.07, 6.45) is 2.08. The first-order chi connectivity index (χ1) is 11.8. The van der Waals surface area contributed by atoms with Gasteiger partial charge in [-0.3, -0.25) is 9.59 Å². The molecular formula is C17H22N4O2S2. The third kappa shape index (κ3) is 5.82. The number of hydrogen-bond donors (Lipinski definition) is 2. The average Bonchev–Trinajstić information content (AvgIpc) is 3.01. The minimum absolute atomic E-state index is 0.0495. The molecule has 0 saturated heterocycles. The predicted molar refractivity (Wildman–Crippen MR) is 102 cm³/mol. The van der Waals surface area contributed by atoms with Crippen LogP contribution in [-0.2, 0) is 10.2 Å². The van der Waals surface area contributed by atoms with Crippen molar-refractivity contribution in [2.24, 2.45) is 0 Å². The van der Waals surface area contributed by atoms with Crippen molar-refractivity contribution >= 4 is 40.0 Å². The van der Waals surface area contributed by atoms with Crippen molar-refractivity contribution < 1.29 is 9.59 Å². The zero-order chi connectivity index (χ0) is 18.4. The number of thioether (sulfide) groups is 1. The van der Waals surface area contributed by atoms with E-state index in [0.29, 0.717) is 10.7 Å². The van der Waals surface area contributed by atoms with Crippen LogP contribution in [0.3, 0.4) is 0 Å². The van der Waals surface area contributed by atoms with Crippen molar-refractivity contribution in [2.45, 2.75) is 36.9 Å². The van der Waals surface area contributed by atoms with E-state index in [4.69, 9.17) is 0 Å². The van der Waals surface area contributed by atoms with E-state index < -0.39 is 0 Å². The van der Waals surface area contributed by atoms with E-state index in [1.165, 1.54) is 28.7 Å². The van der Waals surface area contributed by atoms with Crippen LogP contribution in [0.1, 0.15) is 43.1 Å². The highest BCUT2D eigenvalue weighted by Gasteiger charge is 2.14. The van der Waals surface area contributed by atoms with Gasteiger partial charge in [-0.2, -0.15) is 0 Å². The Morgan fingerprint density at radius 3 is 2.40 bits per heavy atom. The van der Waals surface area contributed by atoms with Crippen molar-refractivity contribution in [1.82, 2.24) is 15.5 Å². The molecule has 25 heavy (non-hydrogen) atoms. The van der Waals surface area contributed by atoms with Gasteiger partial charge in [-0.15, -0.1) is 10.2 Å². The number of anilines is 1. The molecule has 0 bridgehead atoms. The fourth-order valence-corrected chi connectivity index (χ4v) is 3.22. The molecule has 134 valence electrons. The summed E-state index contributed by atoms with van der Waals surface area (Å²) in [5.74, 6) is -0.388. The molecule has 1 heterocycles. The largest absolute Gasteiger partial charge is 0.352 e. The molecule has 0 saturated carbocycles. The summed E-state index contributed by atoms with van der Waals surface area (Å²) in [6, 6.07) is 7.53. The molecule has 0 fully saturated rings. The van der Waals surface area contributed by atoms with E-state index in [0.717, 1.165) is 4.34 Å².